The largest absolute Gasteiger partial charge is 1.00 e. The van der Waals surface area contributed by atoms with Crippen LogP contribution < -0.4 is 12.4 Å². The lowest BCUT2D eigenvalue weighted by atomic mass is 10.5. The molecule has 0 rings (SSSR count). The summed E-state index contributed by atoms with van der Waals surface area (Å²) in [7, 11) is 0. The topological polar surface area (TPSA) is 37.3 Å². The molecule has 0 spiro atoms. The van der Waals surface area contributed by atoms with Gasteiger partial charge in [-0.2, -0.15) is 0 Å². The number of carboxylic acid groups (broad SMARTS) is 1. The number of hydrogen-bond donors (Lipinski definition) is 1. The molecule has 9 heavy (non-hydrogen) atoms. The van der Waals surface area contributed by atoms with Crippen molar-refractivity contribution in [2.24, 2.45) is 0 Å². The summed E-state index contributed by atoms with van der Waals surface area (Å²) in [4.78, 5) is 10.6. The molecule has 4 heteroatoms. The number of hydrogen-bond acceptors (Lipinski definition) is 1. The van der Waals surface area contributed by atoms with Crippen LogP contribution in [0.3, 0.4) is 0 Å². The van der Waals surface area contributed by atoms with Gasteiger partial charge in [-0.25, -0.2) is 4.79 Å². The minimum absolute atomic E-state index is 0. The number of aliphatic carboxylic acids is 1. The maximum atomic E-state index is 10.6. The first-order valence-electron chi connectivity index (χ1n) is 6.27. The lowest BCUT2D eigenvalue weighted by molar-refractivity contribution is -0.862. The normalized spacial score (nSPS) is 29.1. The van der Waals surface area contributed by atoms with E-state index < -0.39 is 37.9 Å². The SMILES string of the molecule is [2H]C([2H])([2H])[N+](CC(=O)O)(C([2H])([2H])[2H])C([2H])([2H])[2H].[Cl-]. The molecule has 0 unspecified atom stereocenters. The molecule has 0 atom stereocenters. The van der Waals surface area contributed by atoms with E-state index in [-0.39, 0.29) is 12.4 Å². The maximum absolute atomic E-state index is 10.6. The number of quaternary nitrogens is 1. The molecule has 0 bridgehead atoms. The molecule has 1 N–H and O–H groups in total. The molecule has 56 valence electrons. The van der Waals surface area contributed by atoms with E-state index >= 15 is 0 Å². The zero-order valence-corrected chi connectivity index (χ0v) is 5.14. The van der Waals surface area contributed by atoms with Gasteiger partial charge in [0.25, 0.3) is 0 Å². The van der Waals surface area contributed by atoms with E-state index in [1.54, 1.807) is 0 Å². The summed E-state index contributed by atoms with van der Waals surface area (Å²) in [5.74, 6) is -1.81. The van der Waals surface area contributed by atoms with Gasteiger partial charge in [0, 0.05) is 0 Å². The van der Waals surface area contributed by atoms with Gasteiger partial charge in [0.05, 0.1) is 33.3 Å². The van der Waals surface area contributed by atoms with Gasteiger partial charge in [-0.15, -0.1) is 0 Å². The highest BCUT2D eigenvalue weighted by Gasteiger charge is 2.11. The fourth-order valence-electron chi connectivity index (χ4n) is 0.203. The quantitative estimate of drug-likeness (QED) is 0.434. The summed E-state index contributed by atoms with van der Waals surface area (Å²) < 4.78 is 61.1. The van der Waals surface area contributed by atoms with E-state index in [9.17, 15) is 4.79 Å². The molecule has 3 nitrogen and oxygen atoms in total. The first-order chi connectivity index (χ1) is 7.17. The molecular weight excluding hydrogens is 142 g/mol. The second-order valence-corrected chi connectivity index (χ2v) is 1.36. The van der Waals surface area contributed by atoms with Gasteiger partial charge in [-0.1, -0.05) is 0 Å². The first-order valence-corrected chi connectivity index (χ1v) is 1.77. The lowest BCUT2D eigenvalue weighted by Crippen LogP contribution is -3.00. The van der Waals surface area contributed by atoms with Crippen molar-refractivity contribution in [3.05, 3.63) is 0 Å². The van der Waals surface area contributed by atoms with Gasteiger partial charge in [-0.05, 0) is 0 Å². The summed E-state index contributed by atoms with van der Waals surface area (Å²) >= 11 is 0. The molecular formula is C5H12ClNO2. The average Bonchev–Trinajstić information content (AvgIpc) is 1.91. The molecule has 0 aliphatic rings. The number of nitrogens with zero attached hydrogens (tertiary/aromatic N) is 1. The molecule has 0 aliphatic carbocycles. The molecule has 0 saturated carbocycles. The number of carboxylic acids is 1. The molecule has 0 aromatic heterocycles. The fourth-order valence-corrected chi connectivity index (χ4v) is 0.203. The predicted octanol–water partition coefficient (Wildman–Crippen LogP) is -3.22. The lowest BCUT2D eigenvalue weighted by Gasteiger charge is -2.20. The number of likely N-dealkylation sites (N-methyl/N-ethyl adjacent to an activating group) is 1. The van der Waals surface area contributed by atoms with Crippen molar-refractivity contribution in [1.29, 1.82) is 0 Å². The van der Waals surface area contributed by atoms with Crippen LogP contribution in [0.25, 0.3) is 0 Å². The van der Waals surface area contributed by atoms with Crippen LogP contribution in [0.2, 0.25) is 0 Å². The molecule has 0 radical (unpaired) electrons. The van der Waals surface area contributed by atoms with E-state index in [0.717, 1.165) is 0 Å². The van der Waals surface area contributed by atoms with Crippen molar-refractivity contribution >= 4 is 5.97 Å². The summed E-state index contributed by atoms with van der Waals surface area (Å²) in [6, 6.07) is 0. The van der Waals surface area contributed by atoms with Crippen LogP contribution >= 0.6 is 0 Å². The Morgan fingerprint density at radius 1 is 1.67 bits per heavy atom. The van der Waals surface area contributed by atoms with Crippen LogP contribution in [0.4, 0.5) is 0 Å². The minimum Gasteiger partial charge on any atom is -1.00 e. The highest BCUT2D eigenvalue weighted by Crippen LogP contribution is 1.86. The third kappa shape index (κ3) is 11.3. The number of rotatable bonds is 2. The van der Waals surface area contributed by atoms with Gasteiger partial charge >= 0.3 is 5.97 Å². The van der Waals surface area contributed by atoms with E-state index in [1.807, 2.05) is 0 Å². The molecule has 0 heterocycles. The van der Waals surface area contributed by atoms with Crippen LogP contribution in [0.15, 0.2) is 0 Å². The van der Waals surface area contributed by atoms with E-state index in [2.05, 4.69) is 0 Å². The Hall–Kier alpha value is -0.280. The van der Waals surface area contributed by atoms with Crippen LogP contribution in [-0.4, -0.2) is 43.0 Å². The summed E-state index contributed by atoms with van der Waals surface area (Å²) in [6.07, 6.45) is 0. The zero-order valence-electron chi connectivity index (χ0n) is 13.4. The van der Waals surface area contributed by atoms with E-state index in [0.29, 0.717) is 0 Å². The van der Waals surface area contributed by atoms with Gasteiger partial charge in [-0.3, -0.25) is 0 Å². The third-order valence-corrected chi connectivity index (χ3v) is 0.372. The fraction of sp³-hybridized carbons (Fsp3) is 0.800. The Kier molecular flexibility index (Phi) is 0.862. The highest BCUT2D eigenvalue weighted by molar-refractivity contribution is 5.67. The number of carbonyl (C=O) groups is 1. The minimum atomic E-state index is -3.51. The second kappa shape index (κ2) is 3.69. The molecule has 0 fully saturated rings. The van der Waals surface area contributed by atoms with Gasteiger partial charge in [0.15, 0.2) is 6.54 Å². The van der Waals surface area contributed by atoms with Gasteiger partial charge in [0.1, 0.15) is 0 Å². The van der Waals surface area contributed by atoms with Gasteiger partial charge in [0.2, 0.25) is 0 Å². The third-order valence-electron chi connectivity index (χ3n) is 0.372. The Labute approximate surface area is 73.9 Å². The van der Waals surface area contributed by atoms with Crippen LogP contribution in [0.1, 0.15) is 12.3 Å². The smallest absolute Gasteiger partial charge is 0.359 e. The van der Waals surface area contributed by atoms with Crippen molar-refractivity contribution in [3.8, 4) is 0 Å². The van der Waals surface area contributed by atoms with Crippen LogP contribution in [-0.2, 0) is 4.79 Å². The Balaban J connectivity index is 0. The molecule has 0 aliphatic heterocycles. The summed E-state index contributed by atoms with van der Waals surface area (Å²) in [5.41, 5.74) is 0. The average molecular weight is 163 g/mol. The summed E-state index contributed by atoms with van der Waals surface area (Å²) in [5, 5.41) is 8.57. The standard InChI is InChI=1S/C5H11NO2.ClH/c1-6(2,3)4-5(7)8;/h4H2,1-3H3;1H/i1D3,2D3,3D3;. The zero-order chi connectivity index (χ0) is 14.3. The monoisotopic (exact) mass is 162 g/mol. The van der Waals surface area contributed by atoms with Crippen molar-refractivity contribution in [2.75, 3.05) is 27.5 Å². The predicted molar refractivity (Wildman–Crippen MR) is 30.5 cm³/mol. The maximum Gasteiger partial charge on any atom is 0.359 e. The van der Waals surface area contributed by atoms with Crippen molar-refractivity contribution in [2.45, 2.75) is 0 Å². The van der Waals surface area contributed by atoms with Crippen LogP contribution in [0.5, 0.6) is 0 Å². The van der Waals surface area contributed by atoms with Crippen molar-refractivity contribution < 1.29 is 39.1 Å². The Morgan fingerprint density at radius 3 is 2.22 bits per heavy atom. The molecule has 0 amide bonds. The van der Waals surface area contributed by atoms with E-state index in [4.69, 9.17) is 17.4 Å². The summed E-state index contributed by atoms with van der Waals surface area (Å²) in [6.45, 7) is -12.1. The molecule has 0 aromatic rings. The van der Waals surface area contributed by atoms with Crippen molar-refractivity contribution in [1.82, 2.24) is 0 Å². The molecule has 0 saturated heterocycles. The van der Waals surface area contributed by atoms with E-state index in [1.165, 1.54) is 0 Å². The Morgan fingerprint density at radius 2 is 2.11 bits per heavy atom. The number of halogens is 1. The second-order valence-electron chi connectivity index (χ2n) is 1.36. The first kappa shape index (κ1) is 2.10. The highest BCUT2D eigenvalue weighted by atomic mass is 35.5. The van der Waals surface area contributed by atoms with Crippen LogP contribution in [0, 0.1) is 0 Å². The Bertz CT molecular complexity index is 270. The van der Waals surface area contributed by atoms with Crippen molar-refractivity contribution in [3.63, 3.8) is 0 Å². The molecule has 0 aromatic carbocycles. The van der Waals surface area contributed by atoms with Gasteiger partial charge < -0.3 is 22.0 Å².